The molecule has 1 saturated carbocycles. The van der Waals surface area contributed by atoms with Crippen LogP contribution in [0, 0.1) is 18.3 Å². The lowest BCUT2D eigenvalue weighted by Crippen LogP contribution is -2.54. The number of benzene rings is 3. The molecule has 286 valence electrons. The predicted molar refractivity (Wildman–Crippen MR) is 212 cm³/mol. The second-order valence-corrected chi connectivity index (χ2v) is 15.6. The Morgan fingerprint density at radius 2 is 1.72 bits per heavy atom. The molecule has 1 fully saturated rings. The average molecular weight is 754 g/mol. The Balaban J connectivity index is 1.29. The number of nitrogens with one attached hydrogen (secondary N) is 3. The summed E-state index contributed by atoms with van der Waals surface area (Å²) < 4.78 is 11.9. The molecular weight excluding hydrogens is 702 g/mol. The van der Waals surface area contributed by atoms with Crippen LogP contribution in [0.2, 0.25) is 5.02 Å². The summed E-state index contributed by atoms with van der Waals surface area (Å²) in [5.41, 5.74) is 4.36. The first-order chi connectivity index (χ1) is 25.7. The van der Waals surface area contributed by atoms with Crippen LogP contribution in [0.3, 0.4) is 0 Å². The summed E-state index contributed by atoms with van der Waals surface area (Å²) >= 11 is 6.72. The Morgan fingerprint density at radius 3 is 2.33 bits per heavy atom. The Labute approximate surface area is 323 Å². The SMILES string of the molecule is COc1cc(Cl)c(C(=O)N[C@@H](CNC2CCC(N(C(=O)O)C(C)(C)C)CC2)Cc2ccc(C#N)cc2)cc1-c1ccc(CN[C@H](C)c2ccc(C)cc2)o1. The molecule has 1 aromatic heterocycles. The van der Waals surface area contributed by atoms with Crippen LogP contribution in [0.5, 0.6) is 5.75 Å². The zero-order valence-corrected chi connectivity index (χ0v) is 32.8. The van der Waals surface area contributed by atoms with Crippen molar-refractivity contribution >= 4 is 23.6 Å². The van der Waals surface area contributed by atoms with Crippen molar-refractivity contribution in [3.05, 3.63) is 111 Å². The van der Waals surface area contributed by atoms with Crippen molar-refractivity contribution in [3.63, 3.8) is 0 Å². The van der Waals surface area contributed by atoms with Gasteiger partial charge in [0.05, 0.1) is 41.4 Å². The number of ether oxygens (including phenoxy) is 1. The molecule has 0 bridgehead atoms. The third-order valence-corrected chi connectivity index (χ3v) is 10.5. The Kier molecular flexibility index (Phi) is 13.5. The summed E-state index contributed by atoms with van der Waals surface area (Å²) in [6, 6.07) is 25.0. The molecule has 2 atom stereocenters. The number of hydrogen-bond donors (Lipinski definition) is 4. The molecule has 11 heteroatoms. The molecule has 3 aromatic carbocycles. The van der Waals surface area contributed by atoms with E-state index in [9.17, 15) is 20.0 Å². The fraction of sp³-hybridized carbons (Fsp3) is 0.419. The number of methoxy groups -OCH3 is 1. The predicted octanol–water partition coefficient (Wildman–Crippen LogP) is 8.66. The number of rotatable bonds is 14. The van der Waals surface area contributed by atoms with E-state index >= 15 is 0 Å². The molecule has 1 heterocycles. The molecule has 0 unspecified atom stereocenters. The van der Waals surface area contributed by atoms with Gasteiger partial charge in [0.15, 0.2) is 0 Å². The average Bonchev–Trinajstić information content (AvgIpc) is 3.62. The monoisotopic (exact) mass is 753 g/mol. The first kappa shape index (κ1) is 40.4. The molecule has 0 spiro atoms. The summed E-state index contributed by atoms with van der Waals surface area (Å²) in [7, 11) is 1.55. The Morgan fingerprint density at radius 1 is 1.04 bits per heavy atom. The van der Waals surface area contributed by atoms with E-state index in [0.29, 0.717) is 42.1 Å². The van der Waals surface area contributed by atoms with Gasteiger partial charge in [0.1, 0.15) is 17.3 Å². The van der Waals surface area contributed by atoms with Gasteiger partial charge in [-0.05, 0) is 108 Å². The van der Waals surface area contributed by atoms with Gasteiger partial charge in [0.2, 0.25) is 0 Å². The molecule has 2 amide bonds. The van der Waals surface area contributed by atoms with E-state index in [-0.39, 0.29) is 40.7 Å². The van der Waals surface area contributed by atoms with Crippen molar-refractivity contribution < 1.29 is 23.8 Å². The van der Waals surface area contributed by atoms with Crippen LogP contribution in [0.15, 0.2) is 77.2 Å². The zero-order chi connectivity index (χ0) is 39.0. The molecule has 0 radical (unpaired) electrons. The van der Waals surface area contributed by atoms with Crippen LogP contribution < -0.4 is 20.7 Å². The maximum Gasteiger partial charge on any atom is 0.407 e. The lowest BCUT2D eigenvalue weighted by atomic mass is 9.88. The van der Waals surface area contributed by atoms with Crippen molar-refractivity contribution in [2.24, 2.45) is 0 Å². The van der Waals surface area contributed by atoms with Crippen molar-refractivity contribution in [3.8, 4) is 23.1 Å². The second kappa shape index (κ2) is 18.0. The minimum atomic E-state index is -0.891. The van der Waals surface area contributed by atoms with E-state index in [1.165, 1.54) is 11.1 Å². The number of carbonyl (C=O) groups is 2. The normalized spacial score (nSPS) is 16.9. The van der Waals surface area contributed by atoms with Gasteiger partial charge < -0.3 is 35.1 Å². The van der Waals surface area contributed by atoms with Crippen LogP contribution >= 0.6 is 11.6 Å². The zero-order valence-electron chi connectivity index (χ0n) is 32.0. The van der Waals surface area contributed by atoms with E-state index in [4.69, 9.17) is 20.8 Å². The molecule has 4 aromatic rings. The molecule has 1 aliphatic carbocycles. The molecule has 1 aliphatic rings. The summed E-state index contributed by atoms with van der Waals surface area (Å²) in [5, 5.41) is 29.8. The molecule has 5 rings (SSSR count). The Bertz CT molecular complexity index is 1920. The van der Waals surface area contributed by atoms with Gasteiger partial charge in [-0.25, -0.2) is 4.79 Å². The number of carbonyl (C=O) groups excluding carboxylic acids is 1. The van der Waals surface area contributed by atoms with Crippen molar-refractivity contribution in [1.29, 1.82) is 5.26 Å². The molecule has 0 aliphatic heterocycles. The number of furan rings is 1. The van der Waals surface area contributed by atoms with E-state index in [0.717, 1.165) is 37.0 Å². The summed E-state index contributed by atoms with van der Waals surface area (Å²) in [6.45, 7) is 11.0. The highest BCUT2D eigenvalue weighted by atomic mass is 35.5. The molecule has 54 heavy (non-hydrogen) atoms. The van der Waals surface area contributed by atoms with E-state index in [2.05, 4.69) is 60.1 Å². The fourth-order valence-electron chi connectivity index (χ4n) is 7.21. The first-order valence-electron chi connectivity index (χ1n) is 18.6. The van der Waals surface area contributed by atoms with Gasteiger partial charge in [0.25, 0.3) is 5.91 Å². The molecule has 10 nitrogen and oxygen atoms in total. The fourth-order valence-corrected chi connectivity index (χ4v) is 7.45. The number of nitrogens with zero attached hydrogens (tertiary/aromatic N) is 2. The van der Waals surface area contributed by atoms with Gasteiger partial charge in [-0.1, -0.05) is 53.6 Å². The van der Waals surface area contributed by atoms with Crippen molar-refractivity contribution in [2.75, 3.05) is 13.7 Å². The quantitative estimate of drug-likeness (QED) is 0.100. The molecule has 0 saturated heterocycles. The van der Waals surface area contributed by atoms with Crippen LogP contribution in [0.25, 0.3) is 11.3 Å². The second-order valence-electron chi connectivity index (χ2n) is 15.2. The number of carboxylic acid groups (broad SMARTS) is 1. The van der Waals surface area contributed by atoms with Crippen molar-refractivity contribution in [2.45, 2.75) is 103 Å². The van der Waals surface area contributed by atoms with E-state index in [1.807, 2.05) is 45.0 Å². The third kappa shape index (κ3) is 10.4. The van der Waals surface area contributed by atoms with Crippen LogP contribution in [-0.2, 0) is 13.0 Å². The lowest BCUT2D eigenvalue weighted by Gasteiger charge is -2.43. The Hall–Kier alpha value is -4.82. The number of aryl methyl sites for hydroxylation is 1. The number of halogens is 1. The van der Waals surface area contributed by atoms with Crippen LogP contribution in [0.4, 0.5) is 4.79 Å². The highest BCUT2D eigenvalue weighted by Gasteiger charge is 2.35. The van der Waals surface area contributed by atoms with E-state index < -0.39 is 11.6 Å². The van der Waals surface area contributed by atoms with Gasteiger partial charge in [0, 0.05) is 42.3 Å². The largest absolute Gasteiger partial charge is 0.496 e. The van der Waals surface area contributed by atoms with E-state index in [1.54, 1.807) is 36.3 Å². The van der Waals surface area contributed by atoms with Gasteiger partial charge in [-0.3, -0.25) is 4.79 Å². The highest BCUT2D eigenvalue weighted by Crippen LogP contribution is 2.36. The standard InChI is InChI=1S/C43H52ClN5O5/c1-27-7-13-31(14-8-27)28(2)46-26-35-19-20-39(54-35)37-22-36(38(44)23-40(37)53-6)41(50)48-33(21-29-9-11-30(24-45)12-10-29)25-47-32-15-17-34(18-16-32)49(42(51)52)43(3,4)5/h7-14,19-20,22-23,28,32-34,46-47H,15-18,21,25-26H2,1-6H3,(H,48,50)(H,51,52)/t28-,32?,33-,34?/m1/s1. The summed E-state index contributed by atoms with van der Waals surface area (Å²) in [5.74, 6) is 1.44. The third-order valence-electron chi connectivity index (χ3n) is 10.2. The topological polar surface area (TPSA) is 140 Å². The molecule has 4 N–H and O–H groups in total. The summed E-state index contributed by atoms with van der Waals surface area (Å²) in [6.07, 6.45) is 2.79. The first-order valence-corrected chi connectivity index (χ1v) is 19.0. The number of hydrogen-bond acceptors (Lipinski definition) is 7. The minimum Gasteiger partial charge on any atom is -0.496 e. The molecular formula is C43H52ClN5O5. The maximum absolute atomic E-state index is 14.0. The lowest BCUT2D eigenvalue weighted by molar-refractivity contribution is 0.0530. The van der Waals surface area contributed by atoms with Crippen LogP contribution in [0.1, 0.15) is 97.8 Å². The van der Waals surface area contributed by atoms with Crippen LogP contribution in [-0.4, -0.2) is 59.3 Å². The summed E-state index contributed by atoms with van der Waals surface area (Å²) in [4.78, 5) is 27.7. The number of nitriles is 1. The minimum absolute atomic E-state index is 0.0372. The van der Waals surface area contributed by atoms with Gasteiger partial charge in [-0.2, -0.15) is 5.26 Å². The highest BCUT2D eigenvalue weighted by molar-refractivity contribution is 6.34. The van der Waals surface area contributed by atoms with Gasteiger partial charge >= 0.3 is 6.09 Å². The van der Waals surface area contributed by atoms with Crippen molar-refractivity contribution in [1.82, 2.24) is 20.9 Å². The smallest absolute Gasteiger partial charge is 0.407 e. The maximum atomic E-state index is 14.0. The van der Waals surface area contributed by atoms with Gasteiger partial charge in [-0.15, -0.1) is 0 Å². The number of amides is 2.